The van der Waals surface area contributed by atoms with Gasteiger partial charge >= 0.3 is 7.60 Å². The van der Waals surface area contributed by atoms with Crippen LogP contribution in [0.5, 0.6) is 0 Å². The first kappa shape index (κ1) is 22.5. The SMILES string of the molecule is CCOP(=O)(OCC)C(NC(=O)c1ccc2ccc3cccc4ccc1c2c34)c1ccccc1. The van der Waals surface area contributed by atoms with Gasteiger partial charge in [0.1, 0.15) is 0 Å². The number of benzene rings is 5. The van der Waals surface area contributed by atoms with E-state index >= 15 is 0 Å². The molecular formula is C28H26NO4P. The van der Waals surface area contributed by atoms with Crippen molar-refractivity contribution in [3.05, 3.63) is 96.1 Å². The molecule has 5 rings (SSSR count). The van der Waals surface area contributed by atoms with Crippen LogP contribution in [0.25, 0.3) is 32.3 Å². The highest BCUT2D eigenvalue weighted by Crippen LogP contribution is 2.59. The van der Waals surface area contributed by atoms with Gasteiger partial charge in [-0.2, -0.15) is 0 Å². The summed E-state index contributed by atoms with van der Waals surface area (Å²) in [5, 5.41) is 9.37. The van der Waals surface area contributed by atoms with E-state index in [1.165, 1.54) is 0 Å². The van der Waals surface area contributed by atoms with E-state index in [2.05, 4.69) is 29.6 Å². The van der Waals surface area contributed by atoms with Gasteiger partial charge < -0.3 is 14.4 Å². The Morgan fingerprint density at radius 3 is 2.00 bits per heavy atom. The summed E-state index contributed by atoms with van der Waals surface area (Å²) < 4.78 is 25.0. The largest absolute Gasteiger partial charge is 0.357 e. The van der Waals surface area contributed by atoms with E-state index in [1.54, 1.807) is 13.8 Å². The molecule has 5 nitrogen and oxygen atoms in total. The standard InChI is InChI=1S/C28H26NO4P/c1-3-32-34(31,33-4-2)28(22-9-6-5-7-10-22)29-27(30)24-18-16-21-14-13-19-11-8-12-20-15-17-23(24)26(21)25(19)20/h5-18,28H,3-4H2,1-2H3,(H,29,30). The fourth-order valence-electron chi connectivity index (χ4n) is 4.66. The second-order valence-corrected chi connectivity index (χ2v) is 10.2. The van der Waals surface area contributed by atoms with E-state index in [0.717, 1.165) is 32.3 Å². The molecule has 6 heteroatoms. The summed E-state index contributed by atoms with van der Waals surface area (Å²) in [6.07, 6.45) is 0. The first-order chi connectivity index (χ1) is 16.6. The van der Waals surface area contributed by atoms with E-state index in [1.807, 2.05) is 60.7 Å². The number of hydrogen-bond acceptors (Lipinski definition) is 4. The Kier molecular flexibility index (Phi) is 6.09. The van der Waals surface area contributed by atoms with E-state index in [0.29, 0.717) is 11.1 Å². The molecule has 0 aliphatic heterocycles. The van der Waals surface area contributed by atoms with Gasteiger partial charge in [-0.25, -0.2) is 0 Å². The molecule has 0 aliphatic carbocycles. The maximum atomic E-state index is 13.8. The maximum absolute atomic E-state index is 13.8. The van der Waals surface area contributed by atoms with E-state index in [-0.39, 0.29) is 19.1 Å². The number of hydrogen-bond donors (Lipinski definition) is 1. The van der Waals surface area contributed by atoms with Crippen LogP contribution in [-0.4, -0.2) is 19.1 Å². The summed E-state index contributed by atoms with van der Waals surface area (Å²) in [6, 6.07) is 27.4. The Morgan fingerprint density at radius 1 is 0.765 bits per heavy atom. The van der Waals surface area contributed by atoms with E-state index < -0.39 is 13.4 Å². The van der Waals surface area contributed by atoms with Gasteiger partial charge in [0.25, 0.3) is 5.91 Å². The summed E-state index contributed by atoms with van der Waals surface area (Å²) in [5.74, 6) is -1.26. The van der Waals surface area contributed by atoms with E-state index in [4.69, 9.17) is 9.05 Å². The molecule has 1 amide bonds. The number of amides is 1. The van der Waals surface area contributed by atoms with Crippen LogP contribution in [0.1, 0.15) is 35.6 Å². The molecule has 0 heterocycles. The first-order valence-corrected chi connectivity index (χ1v) is 13.1. The Bertz CT molecular complexity index is 1490. The lowest BCUT2D eigenvalue weighted by atomic mass is 9.92. The molecule has 0 radical (unpaired) electrons. The smallest absolute Gasteiger partial charge is 0.334 e. The van der Waals surface area contributed by atoms with Crippen LogP contribution in [-0.2, 0) is 13.6 Å². The fourth-order valence-corrected chi connectivity index (χ4v) is 6.57. The molecule has 1 N–H and O–H groups in total. The second kappa shape index (κ2) is 9.19. The van der Waals surface area contributed by atoms with Gasteiger partial charge in [0.15, 0.2) is 5.78 Å². The predicted molar refractivity (Wildman–Crippen MR) is 138 cm³/mol. The molecule has 34 heavy (non-hydrogen) atoms. The third-order valence-corrected chi connectivity index (χ3v) is 8.39. The third-order valence-electron chi connectivity index (χ3n) is 6.09. The molecule has 0 bridgehead atoms. The lowest BCUT2D eigenvalue weighted by Gasteiger charge is -2.27. The van der Waals surface area contributed by atoms with Gasteiger partial charge in [0.2, 0.25) is 0 Å². The van der Waals surface area contributed by atoms with Gasteiger partial charge in [-0.1, -0.05) is 78.9 Å². The summed E-state index contributed by atoms with van der Waals surface area (Å²) >= 11 is 0. The van der Waals surface area contributed by atoms with Crippen LogP contribution >= 0.6 is 7.60 Å². The fraction of sp³-hybridized carbons (Fsp3) is 0.179. The van der Waals surface area contributed by atoms with Crippen molar-refractivity contribution < 1.29 is 18.4 Å². The molecule has 1 unspecified atom stereocenters. The van der Waals surface area contributed by atoms with Crippen molar-refractivity contribution in [2.45, 2.75) is 19.6 Å². The number of carbonyl (C=O) groups excluding carboxylic acids is 1. The van der Waals surface area contributed by atoms with Crippen molar-refractivity contribution in [2.75, 3.05) is 13.2 Å². The molecule has 0 saturated heterocycles. The molecule has 0 spiro atoms. The molecule has 5 aromatic carbocycles. The summed E-state index contributed by atoms with van der Waals surface area (Å²) in [5.41, 5.74) is 1.19. The quantitative estimate of drug-likeness (QED) is 0.191. The molecule has 1 atom stereocenters. The summed E-state index contributed by atoms with van der Waals surface area (Å²) in [4.78, 5) is 13.7. The van der Waals surface area contributed by atoms with Crippen molar-refractivity contribution in [3.8, 4) is 0 Å². The van der Waals surface area contributed by atoms with Crippen molar-refractivity contribution >= 4 is 45.8 Å². The highest BCUT2D eigenvalue weighted by molar-refractivity contribution is 7.54. The first-order valence-electron chi connectivity index (χ1n) is 11.5. The average molecular weight is 471 g/mol. The minimum Gasteiger partial charge on any atom is -0.334 e. The van der Waals surface area contributed by atoms with Crippen molar-refractivity contribution in [2.24, 2.45) is 0 Å². The van der Waals surface area contributed by atoms with Gasteiger partial charge in [0.05, 0.1) is 13.2 Å². The third kappa shape index (κ3) is 3.86. The topological polar surface area (TPSA) is 64.6 Å². The maximum Gasteiger partial charge on any atom is 0.357 e. The Hall–Kier alpha value is -3.24. The highest BCUT2D eigenvalue weighted by Gasteiger charge is 2.38. The van der Waals surface area contributed by atoms with Crippen LogP contribution < -0.4 is 5.32 Å². The van der Waals surface area contributed by atoms with Crippen LogP contribution in [0.15, 0.2) is 84.9 Å². The second-order valence-electron chi connectivity index (χ2n) is 8.13. The monoisotopic (exact) mass is 471 g/mol. The van der Waals surface area contributed by atoms with Crippen LogP contribution in [0.4, 0.5) is 0 Å². The Labute approximate surface area is 198 Å². The lowest BCUT2D eigenvalue weighted by Crippen LogP contribution is -2.30. The number of carbonyl (C=O) groups is 1. The van der Waals surface area contributed by atoms with Crippen molar-refractivity contribution in [1.82, 2.24) is 5.32 Å². The predicted octanol–water partition coefficient (Wildman–Crippen LogP) is 7.28. The minimum absolute atomic E-state index is 0.204. The van der Waals surface area contributed by atoms with Gasteiger partial charge in [-0.15, -0.1) is 0 Å². The Morgan fingerprint density at radius 2 is 1.35 bits per heavy atom. The normalized spacial score (nSPS) is 13.0. The zero-order valence-electron chi connectivity index (χ0n) is 19.2. The van der Waals surface area contributed by atoms with Crippen LogP contribution in [0, 0.1) is 0 Å². The van der Waals surface area contributed by atoms with Crippen LogP contribution in [0.3, 0.4) is 0 Å². The Balaban J connectivity index is 1.63. The molecule has 0 saturated carbocycles. The molecular weight excluding hydrogens is 445 g/mol. The van der Waals surface area contributed by atoms with Crippen LogP contribution in [0.2, 0.25) is 0 Å². The lowest BCUT2D eigenvalue weighted by molar-refractivity contribution is 0.0939. The van der Waals surface area contributed by atoms with E-state index in [9.17, 15) is 9.36 Å². The van der Waals surface area contributed by atoms with Crippen molar-refractivity contribution in [3.63, 3.8) is 0 Å². The van der Waals surface area contributed by atoms with Crippen molar-refractivity contribution in [1.29, 1.82) is 0 Å². The number of rotatable bonds is 8. The molecule has 0 fully saturated rings. The molecule has 0 aliphatic rings. The number of nitrogens with one attached hydrogen (secondary N) is 1. The molecule has 172 valence electrons. The average Bonchev–Trinajstić information content (AvgIpc) is 2.86. The zero-order chi connectivity index (χ0) is 23.7. The minimum atomic E-state index is -3.67. The zero-order valence-corrected chi connectivity index (χ0v) is 20.0. The van der Waals surface area contributed by atoms with Gasteiger partial charge in [0, 0.05) is 5.56 Å². The highest BCUT2D eigenvalue weighted by atomic mass is 31.2. The summed E-state index contributed by atoms with van der Waals surface area (Å²) in [7, 11) is -3.67. The molecule has 5 aromatic rings. The summed E-state index contributed by atoms with van der Waals surface area (Å²) in [6.45, 7) is 3.93. The van der Waals surface area contributed by atoms with Gasteiger partial charge in [-0.05, 0) is 57.8 Å². The molecule has 0 aromatic heterocycles. The van der Waals surface area contributed by atoms with Gasteiger partial charge in [-0.3, -0.25) is 9.36 Å².